The number of hydrogen-bond donors (Lipinski definition) is 0. The summed E-state index contributed by atoms with van der Waals surface area (Å²) in [6, 6.07) is 5.71. The molecule has 0 bridgehead atoms. The summed E-state index contributed by atoms with van der Waals surface area (Å²) in [6.45, 7) is 6.46. The molecule has 0 saturated carbocycles. The van der Waals surface area contributed by atoms with Crippen LogP contribution in [0.15, 0.2) is 30.4 Å². The van der Waals surface area contributed by atoms with Gasteiger partial charge in [-0.15, -0.1) is 6.58 Å². The predicted octanol–water partition coefficient (Wildman–Crippen LogP) is 3.16. The van der Waals surface area contributed by atoms with Crippen LogP contribution in [0.2, 0.25) is 0 Å². The van der Waals surface area contributed by atoms with Crippen molar-refractivity contribution < 1.29 is 9.53 Å². The van der Waals surface area contributed by atoms with Crippen molar-refractivity contribution in [2.45, 2.75) is 26.2 Å². The summed E-state index contributed by atoms with van der Waals surface area (Å²) in [7, 11) is 0. The highest BCUT2D eigenvalue weighted by Crippen LogP contribution is 2.30. The van der Waals surface area contributed by atoms with Gasteiger partial charge in [0.25, 0.3) is 0 Å². The molecule has 0 amide bonds. The van der Waals surface area contributed by atoms with Crippen molar-refractivity contribution in [1.82, 2.24) is 0 Å². The first-order valence-corrected chi connectivity index (χ1v) is 5.61. The van der Waals surface area contributed by atoms with Gasteiger partial charge in [0.1, 0.15) is 5.75 Å². The number of benzene rings is 1. The molecule has 0 N–H and O–H groups in total. The molecule has 1 aliphatic rings. The van der Waals surface area contributed by atoms with Crippen molar-refractivity contribution >= 4 is 5.78 Å². The molecule has 0 heterocycles. The molecular weight excluding hydrogens is 200 g/mol. The lowest BCUT2D eigenvalue weighted by Crippen LogP contribution is -2.00. The Balaban J connectivity index is 2.11. The van der Waals surface area contributed by atoms with E-state index in [4.69, 9.17) is 4.74 Å². The fraction of sp³-hybridized carbons (Fsp3) is 0.357. The maximum absolute atomic E-state index is 11.5. The third-order valence-corrected chi connectivity index (χ3v) is 2.82. The quantitative estimate of drug-likeness (QED) is 0.723. The highest BCUT2D eigenvalue weighted by atomic mass is 16.5. The Morgan fingerprint density at radius 2 is 2.25 bits per heavy atom. The van der Waals surface area contributed by atoms with Crippen molar-refractivity contribution in [2.24, 2.45) is 0 Å². The first kappa shape index (κ1) is 10.9. The summed E-state index contributed by atoms with van der Waals surface area (Å²) in [5.41, 5.74) is 3.03. The average Bonchev–Trinajstić information content (AvgIpc) is 2.61. The summed E-state index contributed by atoms with van der Waals surface area (Å²) in [4.78, 5) is 11.5. The third kappa shape index (κ3) is 2.16. The van der Waals surface area contributed by atoms with Gasteiger partial charge in [0.05, 0.1) is 6.61 Å². The standard InChI is InChI=1S/C14H16O2/c1-10(2)8-9-16-14-5-3-4-11-12(14)6-7-13(11)15/h3-5H,1,6-9H2,2H3. The smallest absolute Gasteiger partial charge is 0.163 e. The maximum atomic E-state index is 11.5. The molecule has 2 nitrogen and oxygen atoms in total. The van der Waals surface area contributed by atoms with Crippen LogP contribution in [0.3, 0.4) is 0 Å². The topological polar surface area (TPSA) is 26.3 Å². The molecular formula is C14H16O2. The number of Topliss-reactive ketones (excluding diaryl/α,β-unsaturated/α-hetero) is 1. The van der Waals surface area contributed by atoms with E-state index in [1.165, 1.54) is 0 Å². The van der Waals surface area contributed by atoms with Crippen LogP contribution in [0, 0.1) is 0 Å². The molecule has 0 aliphatic heterocycles. The van der Waals surface area contributed by atoms with Crippen LogP contribution >= 0.6 is 0 Å². The van der Waals surface area contributed by atoms with Crippen LogP contribution in [0.4, 0.5) is 0 Å². The van der Waals surface area contributed by atoms with Crippen LogP contribution in [0.25, 0.3) is 0 Å². The number of rotatable bonds is 4. The number of fused-ring (bicyclic) bond motifs is 1. The third-order valence-electron chi connectivity index (χ3n) is 2.82. The SMILES string of the molecule is C=C(C)CCOc1cccc2c1CCC2=O. The minimum Gasteiger partial charge on any atom is -0.493 e. The van der Waals surface area contributed by atoms with Crippen molar-refractivity contribution in [2.75, 3.05) is 6.61 Å². The van der Waals surface area contributed by atoms with Crippen LogP contribution in [0.5, 0.6) is 5.75 Å². The fourth-order valence-corrected chi connectivity index (χ4v) is 1.93. The minimum absolute atomic E-state index is 0.236. The summed E-state index contributed by atoms with van der Waals surface area (Å²) < 4.78 is 5.69. The van der Waals surface area contributed by atoms with Crippen LogP contribution in [-0.2, 0) is 6.42 Å². The van der Waals surface area contributed by atoms with Crippen molar-refractivity contribution in [3.63, 3.8) is 0 Å². The lowest BCUT2D eigenvalue weighted by molar-refractivity contribution is 0.0994. The van der Waals surface area contributed by atoms with Crippen LogP contribution in [0.1, 0.15) is 35.7 Å². The average molecular weight is 216 g/mol. The molecule has 0 radical (unpaired) electrons. The number of carbonyl (C=O) groups excluding carboxylic acids is 1. The second-order valence-corrected chi connectivity index (χ2v) is 4.26. The number of hydrogen-bond acceptors (Lipinski definition) is 2. The van der Waals surface area contributed by atoms with Crippen LogP contribution in [-0.4, -0.2) is 12.4 Å². The van der Waals surface area contributed by atoms with Gasteiger partial charge in [0.15, 0.2) is 5.78 Å². The van der Waals surface area contributed by atoms with E-state index >= 15 is 0 Å². The zero-order valence-corrected chi connectivity index (χ0v) is 9.58. The van der Waals surface area contributed by atoms with Crippen molar-refractivity contribution in [3.05, 3.63) is 41.5 Å². The molecule has 1 aromatic carbocycles. The van der Waals surface area contributed by atoms with Gasteiger partial charge in [-0.2, -0.15) is 0 Å². The molecule has 0 unspecified atom stereocenters. The predicted molar refractivity (Wildman–Crippen MR) is 64.0 cm³/mol. The minimum atomic E-state index is 0.236. The highest BCUT2D eigenvalue weighted by Gasteiger charge is 2.22. The van der Waals surface area contributed by atoms with E-state index < -0.39 is 0 Å². The lowest BCUT2D eigenvalue weighted by Gasteiger charge is -2.09. The van der Waals surface area contributed by atoms with E-state index in [0.717, 1.165) is 35.3 Å². The van der Waals surface area contributed by atoms with E-state index in [9.17, 15) is 4.79 Å². The van der Waals surface area contributed by atoms with Gasteiger partial charge in [-0.3, -0.25) is 4.79 Å². The van der Waals surface area contributed by atoms with Crippen LogP contribution < -0.4 is 4.74 Å². The maximum Gasteiger partial charge on any atom is 0.163 e. The molecule has 2 heteroatoms. The van der Waals surface area contributed by atoms with Gasteiger partial charge in [-0.25, -0.2) is 0 Å². The van der Waals surface area contributed by atoms with E-state index in [1.807, 2.05) is 25.1 Å². The Labute approximate surface area is 95.9 Å². The molecule has 2 rings (SSSR count). The Hall–Kier alpha value is -1.57. The highest BCUT2D eigenvalue weighted by molar-refractivity contribution is 6.01. The summed E-state index contributed by atoms with van der Waals surface area (Å²) >= 11 is 0. The van der Waals surface area contributed by atoms with E-state index in [0.29, 0.717) is 13.0 Å². The van der Waals surface area contributed by atoms with E-state index in [1.54, 1.807) is 0 Å². The molecule has 0 saturated heterocycles. The number of ketones is 1. The molecule has 84 valence electrons. The second kappa shape index (κ2) is 4.52. The first-order valence-electron chi connectivity index (χ1n) is 5.61. The van der Waals surface area contributed by atoms with Crippen molar-refractivity contribution in [3.8, 4) is 5.75 Å². The molecule has 0 spiro atoms. The molecule has 16 heavy (non-hydrogen) atoms. The van der Waals surface area contributed by atoms with Gasteiger partial charge in [0, 0.05) is 24.0 Å². The second-order valence-electron chi connectivity index (χ2n) is 4.26. The first-order chi connectivity index (χ1) is 7.68. The Morgan fingerprint density at radius 3 is 3.00 bits per heavy atom. The van der Waals surface area contributed by atoms with Gasteiger partial charge in [0.2, 0.25) is 0 Å². The molecule has 0 fully saturated rings. The van der Waals surface area contributed by atoms with Crippen molar-refractivity contribution in [1.29, 1.82) is 0 Å². The lowest BCUT2D eigenvalue weighted by atomic mass is 10.1. The van der Waals surface area contributed by atoms with E-state index in [2.05, 4.69) is 6.58 Å². The molecule has 0 atom stereocenters. The normalized spacial score (nSPS) is 13.7. The number of carbonyl (C=O) groups is 1. The molecule has 1 aliphatic carbocycles. The Kier molecular flexibility index (Phi) is 3.09. The van der Waals surface area contributed by atoms with Gasteiger partial charge < -0.3 is 4.74 Å². The monoisotopic (exact) mass is 216 g/mol. The molecule has 0 aromatic heterocycles. The zero-order valence-electron chi connectivity index (χ0n) is 9.58. The summed E-state index contributed by atoms with van der Waals surface area (Å²) in [5.74, 6) is 1.10. The largest absolute Gasteiger partial charge is 0.493 e. The Bertz CT molecular complexity index is 432. The van der Waals surface area contributed by atoms with Gasteiger partial charge >= 0.3 is 0 Å². The Morgan fingerprint density at radius 1 is 1.44 bits per heavy atom. The van der Waals surface area contributed by atoms with E-state index in [-0.39, 0.29) is 5.78 Å². The number of ether oxygens (including phenoxy) is 1. The van der Waals surface area contributed by atoms with Gasteiger partial charge in [-0.1, -0.05) is 17.7 Å². The zero-order chi connectivity index (χ0) is 11.5. The summed E-state index contributed by atoms with van der Waals surface area (Å²) in [5, 5.41) is 0. The van der Waals surface area contributed by atoms with Gasteiger partial charge in [-0.05, 0) is 19.4 Å². The summed E-state index contributed by atoms with van der Waals surface area (Å²) in [6.07, 6.45) is 2.30. The fourth-order valence-electron chi connectivity index (χ4n) is 1.93. The molecule has 1 aromatic rings.